The molecule has 0 fully saturated rings. The summed E-state index contributed by atoms with van der Waals surface area (Å²) in [4.78, 5) is 4.65. The standard InChI is InChI=1S/C16H20N2O3S/c1-11(13-5-7-14(8-6-13)22(4,19)20)17-15-9-10-16(21-3)18-12(15)2/h5-11,17H,1-4H3. The fourth-order valence-electron chi connectivity index (χ4n) is 2.12. The molecule has 1 N–H and O–H groups in total. The van der Waals surface area contributed by atoms with Gasteiger partial charge in [-0.1, -0.05) is 12.1 Å². The number of hydrogen-bond acceptors (Lipinski definition) is 5. The van der Waals surface area contributed by atoms with Gasteiger partial charge in [0.15, 0.2) is 9.84 Å². The predicted octanol–water partition coefficient (Wildman–Crippen LogP) is 2.98. The van der Waals surface area contributed by atoms with Crippen LogP contribution in [-0.4, -0.2) is 26.8 Å². The molecule has 0 radical (unpaired) electrons. The number of sulfone groups is 1. The summed E-state index contributed by atoms with van der Waals surface area (Å²) >= 11 is 0. The fourth-order valence-corrected chi connectivity index (χ4v) is 2.76. The number of rotatable bonds is 5. The van der Waals surface area contributed by atoms with Crippen molar-refractivity contribution in [2.75, 3.05) is 18.7 Å². The van der Waals surface area contributed by atoms with E-state index < -0.39 is 9.84 Å². The number of hydrogen-bond donors (Lipinski definition) is 1. The number of anilines is 1. The highest BCUT2D eigenvalue weighted by Gasteiger charge is 2.11. The Bertz CT molecular complexity index is 755. The molecule has 5 nitrogen and oxygen atoms in total. The number of ether oxygens (including phenoxy) is 1. The van der Waals surface area contributed by atoms with Crippen molar-refractivity contribution in [3.8, 4) is 5.88 Å². The second-order valence-electron chi connectivity index (χ2n) is 5.19. The highest BCUT2D eigenvalue weighted by molar-refractivity contribution is 7.90. The third-order valence-electron chi connectivity index (χ3n) is 3.45. The van der Waals surface area contributed by atoms with Crippen LogP contribution in [0.25, 0.3) is 0 Å². The van der Waals surface area contributed by atoms with Gasteiger partial charge in [-0.2, -0.15) is 0 Å². The Morgan fingerprint density at radius 1 is 1.14 bits per heavy atom. The highest BCUT2D eigenvalue weighted by atomic mass is 32.2. The van der Waals surface area contributed by atoms with E-state index in [9.17, 15) is 8.42 Å². The molecular weight excluding hydrogens is 300 g/mol. The summed E-state index contributed by atoms with van der Waals surface area (Å²) in [6.07, 6.45) is 1.20. The summed E-state index contributed by atoms with van der Waals surface area (Å²) in [6, 6.07) is 10.6. The van der Waals surface area contributed by atoms with Gasteiger partial charge < -0.3 is 10.1 Å². The lowest BCUT2D eigenvalue weighted by Gasteiger charge is -2.17. The maximum Gasteiger partial charge on any atom is 0.213 e. The topological polar surface area (TPSA) is 68.3 Å². The number of aromatic nitrogens is 1. The van der Waals surface area contributed by atoms with E-state index in [0.29, 0.717) is 10.8 Å². The van der Waals surface area contributed by atoms with Crippen LogP contribution < -0.4 is 10.1 Å². The van der Waals surface area contributed by atoms with Crippen LogP contribution in [0.2, 0.25) is 0 Å². The summed E-state index contributed by atoms with van der Waals surface area (Å²) in [6.45, 7) is 3.92. The molecule has 0 aliphatic heterocycles. The summed E-state index contributed by atoms with van der Waals surface area (Å²) in [5.41, 5.74) is 2.77. The van der Waals surface area contributed by atoms with Crippen LogP contribution in [0.15, 0.2) is 41.3 Å². The average molecular weight is 320 g/mol. The molecule has 0 spiro atoms. The first kappa shape index (κ1) is 16.3. The number of benzene rings is 1. The van der Waals surface area contributed by atoms with Gasteiger partial charge in [-0.05, 0) is 37.6 Å². The molecule has 118 valence electrons. The van der Waals surface area contributed by atoms with E-state index in [-0.39, 0.29) is 6.04 Å². The van der Waals surface area contributed by atoms with E-state index >= 15 is 0 Å². The highest BCUT2D eigenvalue weighted by Crippen LogP contribution is 2.24. The van der Waals surface area contributed by atoms with Gasteiger partial charge in [0, 0.05) is 18.4 Å². The van der Waals surface area contributed by atoms with Gasteiger partial charge in [-0.15, -0.1) is 0 Å². The lowest BCUT2D eigenvalue weighted by Crippen LogP contribution is -2.09. The molecule has 0 saturated carbocycles. The third-order valence-corrected chi connectivity index (χ3v) is 4.58. The largest absolute Gasteiger partial charge is 0.481 e. The van der Waals surface area contributed by atoms with E-state index in [4.69, 9.17) is 4.74 Å². The molecule has 1 aromatic heterocycles. The van der Waals surface area contributed by atoms with Gasteiger partial charge in [-0.25, -0.2) is 13.4 Å². The average Bonchev–Trinajstić information content (AvgIpc) is 2.48. The Labute approximate surface area is 131 Å². The molecule has 2 aromatic rings. The number of methoxy groups -OCH3 is 1. The van der Waals surface area contributed by atoms with Crippen molar-refractivity contribution >= 4 is 15.5 Å². The Kier molecular flexibility index (Phi) is 4.71. The molecule has 0 amide bonds. The van der Waals surface area contributed by atoms with Crippen molar-refractivity contribution in [1.29, 1.82) is 0 Å². The van der Waals surface area contributed by atoms with Gasteiger partial charge in [0.05, 0.1) is 23.4 Å². The molecule has 0 aliphatic rings. The van der Waals surface area contributed by atoms with E-state index in [2.05, 4.69) is 10.3 Å². The van der Waals surface area contributed by atoms with Gasteiger partial charge in [0.1, 0.15) is 0 Å². The van der Waals surface area contributed by atoms with E-state index in [1.54, 1.807) is 25.3 Å². The molecule has 1 aromatic carbocycles. The molecule has 2 rings (SSSR count). The molecule has 0 bridgehead atoms. The summed E-state index contributed by atoms with van der Waals surface area (Å²) in [7, 11) is -1.58. The SMILES string of the molecule is COc1ccc(NC(C)c2ccc(S(C)(=O)=O)cc2)c(C)n1. The van der Waals surface area contributed by atoms with Gasteiger partial charge in [-0.3, -0.25) is 0 Å². The minimum atomic E-state index is -3.16. The van der Waals surface area contributed by atoms with E-state index in [1.807, 2.05) is 32.0 Å². The van der Waals surface area contributed by atoms with Crippen LogP contribution in [0, 0.1) is 6.92 Å². The van der Waals surface area contributed by atoms with Crippen molar-refractivity contribution in [1.82, 2.24) is 4.98 Å². The zero-order valence-electron chi connectivity index (χ0n) is 13.1. The molecule has 6 heteroatoms. The summed E-state index contributed by atoms with van der Waals surface area (Å²) < 4.78 is 28.0. The zero-order chi connectivity index (χ0) is 16.3. The Balaban J connectivity index is 2.17. The van der Waals surface area contributed by atoms with Crippen molar-refractivity contribution in [3.05, 3.63) is 47.7 Å². The second-order valence-corrected chi connectivity index (χ2v) is 7.21. The van der Waals surface area contributed by atoms with Crippen LogP contribution in [0.1, 0.15) is 24.2 Å². The Morgan fingerprint density at radius 3 is 2.27 bits per heavy atom. The first-order valence-corrected chi connectivity index (χ1v) is 8.78. The molecule has 0 aliphatic carbocycles. The predicted molar refractivity (Wildman–Crippen MR) is 87.1 cm³/mol. The Hall–Kier alpha value is -2.08. The van der Waals surface area contributed by atoms with Crippen LogP contribution in [0.4, 0.5) is 5.69 Å². The monoisotopic (exact) mass is 320 g/mol. The molecule has 1 unspecified atom stereocenters. The quantitative estimate of drug-likeness (QED) is 0.917. The molecule has 1 atom stereocenters. The van der Waals surface area contributed by atoms with Crippen LogP contribution in [0.5, 0.6) is 5.88 Å². The smallest absolute Gasteiger partial charge is 0.213 e. The number of aryl methyl sites for hydroxylation is 1. The number of nitrogens with zero attached hydrogens (tertiary/aromatic N) is 1. The lowest BCUT2D eigenvalue weighted by atomic mass is 10.1. The van der Waals surface area contributed by atoms with Gasteiger partial charge >= 0.3 is 0 Å². The first-order chi connectivity index (χ1) is 10.3. The maximum atomic E-state index is 11.5. The summed E-state index contributed by atoms with van der Waals surface area (Å²) in [5, 5.41) is 3.37. The number of nitrogens with one attached hydrogen (secondary N) is 1. The molecule has 22 heavy (non-hydrogen) atoms. The van der Waals surface area contributed by atoms with Crippen molar-refractivity contribution < 1.29 is 13.2 Å². The van der Waals surface area contributed by atoms with E-state index in [0.717, 1.165) is 16.9 Å². The van der Waals surface area contributed by atoms with E-state index in [1.165, 1.54) is 6.26 Å². The lowest BCUT2D eigenvalue weighted by molar-refractivity contribution is 0.397. The van der Waals surface area contributed by atoms with Crippen LogP contribution >= 0.6 is 0 Å². The molecule has 0 saturated heterocycles. The minimum Gasteiger partial charge on any atom is -0.481 e. The van der Waals surface area contributed by atoms with Crippen LogP contribution in [-0.2, 0) is 9.84 Å². The summed E-state index contributed by atoms with van der Waals surface area (Å²) in [5.74, 6) is 0.577. The zero-order valence-corrected chi connectivity index (χ0v) is 13.9. The second kappa shape index (κ2) is 6.36. The third kappa shape index (κ3) is 3.76. The van der Waals surface area contributed by atoms with Crippen molar-refractivity contribution in [3.63, 3.8) is 0 Å². The normalized spacial score (nSPS) is 12.7. The first-order valence-electron chi connectivity index (χ1n) is 6.89. The maximum absolute atomic E-state index is 11.5. The number of pyridine rings is 1. The molecule has 1 heterocycles. The van der Waals surface area contributed by atoms with Crippen LogP contribution in [0.3, 0.4) is 0 Å². The van der Waals surface area contributed by atoms with Crippen molar-refractivity contribution in [2.45, 2.75) is 24.8 Å². The van der Waals surface area contributed by atoms with Gasteiger partial charge in [0.2, 0.25) is 5.88 Å². The molecular formula is C16H20N2O3S. The fraction of sp³-hybridized carbons (Fsp3) is 0.312. The minimum absolute atomic E-state index is 0.0301. The van der Waals surface area contributed by atoms with Gasteiger partial charge in [0.25, 0.3) is 0 Å². The van der Waals surface area contributed by atoms with Crippen molar-refractivity contribution in [2.24, 2.45) is 0 Å². The Morgan fingerprint density at radius 2 is 1.77 bits per heavy atom.